The first kappa shape index (κ1) is 25.8. The fraction of sp³-hybridized carbons (Fsp3) is 0.265. The van der Waals surface area contributed by atoms with E-state index in [0.29, 0.717) is 0 Å². The van der Waals surface area contributed by atoms with Crippen molar-refractivity contribution in [1.29, 1.82) is 0 Å². The van der Waals surface area contributed by atoms with Crippen molar-refractivity contribution in [2.75, 3.05) is 0 Å². The minimum absolute atomic E-state index is 0.372. The highest BCUT2D eigenvalue weighted by Gasteiger charge is 2.41. The number of alkyl carbamates (subject to hydrolysis) is 1. The molecule has 1 aliphatic rings. The number of carbonyl (C=O) groups excluding carboxylic acids is 1. The summed E-state index contributed by atoms with van der Waals surface area (Å²) in [7, 11) is 0. The van der Waals surface area contributed by atoms with Gasteiger partial charge in [0, 0.05) is 40.8 Å². The van der Waals surface area contributed by atoms with E-state index in [-0.39, 0.29) is 6.09 Å². The van der Waals surface area contributed by atoms with Crippen molar-refractivity contribution in [3.05, 3.63) is 103 Å². The highest BCUT2D eigenvalue weighted by atomic mass is 16.6. The minimum atomic E-state index is -0.537. The second-order valence-corrected chi connectivity index (χ2v) is 11.7. The van der Waals surface area contributed by atoms with Crippen molar-refractivity contribution < 1.29 is 9.53 Å². The number of nitrogens with zero attached hydrogens (tertiary/aromatic N) is 3. The summed E-state index contributed by atoms with van der Waals surface area (Å²) in [6.45, 7) is 7.76. The molecule has 0 bridgehead atoms. The van der Waals surface area contributed by atoms with Gasteiger partial charge < -0.3 is 10.1 Å². The van der Waals surface area contributed by atoms with E-state index >= 15 is 0 Å². The van der Waals surface area contributed by atoms with Gasteiger partial charge in [-0.1, -0.05) is 60.7 Å². The molecular formula is C34H34N4O2. The molecule has 1 amide bonds. The van der Waals surface area contributed by atoms with E-state index in [1.165, 1.54) is 0 Å². The van der Waals surface area contributed by atoms with Crippen LogP contribution in [0, 0.1) is 6.92 Å². The Labute approximate surface area is 235 Å². The average molecular weight is 531 g/mol. The van der Waals surface area contributed by atoms with Gasteiger partial charge in [-0.05, 0) is 70.2 Å². The number of hydrogen-bond donors (Lipinski definition) is 1. The van der Waals surface area contributed by atoms with Gasteiger partial charge in [0.15, 0.2) is 0 Å². The molecule has 3 aromatic heterocycles. The summed E-state index contributed by atoms with van der Waals surface area (Å²) in [5, 5.41) is 3.16. The van der Waals surface area contributed by atoms with Gasteiger partial charge in [-0.25, -0.2) is 9.78 Å². The lowest BCUT2D eigenvalue weighted by molar-refractivity contribution is 0.0377. The quantitative estimate of drug-likeness (QED) is 0.250. The fourth-order valence-electron chi connectivity index (χ4n) is 5.54. The summed E-state index contributed by atoms with van der Waals surface area (Å²) < 4.78 is 7.77. The van der Waals surface area contributed by atoms with Gasteiger partial charge >= 0.3 is 6.09 Å². The van der Waals surface area contributed by atoms with Crippen LogP contribution < -0.4 is 5.32 Å². The molecule has 1 saturated carbocycles. The number of benzene rings is 2. The monoisotopic (exact) mass is 530 g/mol. The van der Waals surface area contributed by atoms with Gasteiger partial charge in [-0.2, -0.15) is 0 Å². The number of ether oxygens (including phenoxy) is 1. The molecule has 0 atom stereocenters. The molecule has 1 N–H and O–H groups in total. The summed E-state index contributed by atoms with van der Waals surface area (Å²) in [6, 6.07) is 25.1. The van der Waals surface area contributed by atoms with Crippen LogP contribution >= 0.6 is 0 Å². The van der Waals surface area contributed by atoms with Gasteiger partial charge in [-0.15, -0.1) is 0 Å². The van der Waals surface area contributed by atoms with Gasteiger partial charge in [0.25, 0.3) is 0 Å². The van der Waals surface area contributed by atoms with E-state index < -0.39 is 11.1 Å². The molecule has 3 heterocycles. The minimum Gasteiger partial charge on any atom is -0.444 e. The molecule has 40 heavy (non-hydrogen) atoms. The zero-order valence-corrected chi connectivity index (χ0v) is 23.4. The first-order valence-corrected chi connectivity index (χ1v) is 13.8. The number of fused-ring (bicyclic) bond motifs is 1. The van der Waals surface area contributed by atoms with Crippen LogP contribution in [0.5, 0.6) is 0 Å². The Morgan fingerprint density at radius 2 is 1.65 bits per heavy atom. The topological polar surface area (TPSA) is 68.5 Å². The molecular weight excluding hydrogens is 496 g/mol. The van der Waals surface area contributed by atoms with Crippen LogP contribution in [-0.2, 0) is 10.3 Å². The standard InChI is InChI=1S/C34H34N4O2/c1-23-20-27(26-12-8-19-35-21-26)22-38-30(25-10-6-5-7-11-25)29(36-31(23)38)24-13-15-28(16-14-24)34(17-9-18-34)37-32(39)40-33(2,3)4/h5-8,10-16,19-22H,9,17-18H2,1-4H3,(H,37,39). The fourth-order valence-corrected chi connectivity index (χ4v) is 5.54. The van der Waals surface area contributed by atoms with Crippen LogP contribution in [0.3, 0.4) is 0 Å². The Kier molecular flexibility index (Phi) is 6.41. The average Bonchev–Trinajstić information content (AvgIpc) is 3.31. The Hall–Kier alpha value is -4.45. The predicted octanol–water partition coefficient (Wildman–Crippen LogP) is 7.94. The highest BCUT2D eigenvalue weighted by molar-refractivity contribution is 5.84. The van der Waals surface area contributed by atoms with Crippen molar-refractivity contribution >= 4 is 11.7 Å². The lowest BCUT2D eigenvalue weighted by Crippen LogP contribution is -2.52. The molecule has 0 saturated heterocycles. The Bertz CT molecular complexity index is 1660. The molecule has 0 spiro atoms. The van der Waals surface area contributed by atoms with Crippen LogP contribution in [0.4, 0.5) is 4.79 Å². The molecule has 6 rings (SSSR count). The number of amides is 1. The highest BCUT2D eigenvalue weighted by Crippen LogP contribution is 2.43. The molecule has 5 aromatic rings. The van der Waals surface area contributed by atoms with E-state index in [4.69, 9.17) is 9.72 Å². The zero-order chi connectivity index (χ0) is 27.9. The lowest BCUT2D eigenvalue weighted by Gasteiger charge is -2.43. The van der Waals surface area contributed by atoms with Gasteiger partial charge in [-0.3, -0.25) is 9.38 Å². The molecule has 202 valence electrons. The summed E-state index contributed by atoms with van der Waals surface area (Å²) in [4.78, 5) is 22.1. The molecule has 2 aromatic carbocycles. The van der Waals surface area contributed by atoms with Crippen LogP contribution in [0.25, 0.3) is 39.3 Å². The molecule has 0 unspecified atom stereocenters. The number of pyridine rings is 2. The van der Waals surface area contributed by atoms with E-state index in [1.54, 1.807) is 6.20 Å². The third-order valence-corrected chi connectivity index (χ3v) is 7.60. The van der Waals surface area contributed by atoms with E-state index in [2.05, 4.69) is 88.5 Å². The Balaban J connectivity index is 1.43. The maximum absolute atomic E-state index is 12.6. The number of nitrogens with one attached hydrogen (secondary N) is 1. The third kappa shape index (κ3) is 4.86. The summed E-state index contributed by atoms with van der Waals surface area (Å²) in [6.07, 6.45) is 8.32. The van der Waals surface area contributed by atoms with Crippen molar-refractivity contribution in [3.63, 3.8) is 0 Å². The molecule has 1 fully saturated rings. The van der Waals surface area contributed by atoms with Gasteiger partial charge in [0.05, 0.1) is 16.9 Å². The Morgan fingerprint density at radius 1 is 0.925 bits per heavy atom. The normalized spacial score (nSPS) is 14.5. The van der Waals surface area contributed by atoms with Crippen LogP contribution in [0.2, 0.25) is 0 Å². The second kappa shape index (κ2) is 9.94. The second-order valence-electron chi connectivity index (χ2n) is 11.7. The molecule has 6 nitrogen and oxygen atoms in total. The number of hydrogen-bond acceptors (Lipinski definition) is 4. The predicted molar refractivity (Wildman–Crippen MR) is 159 cm³/mol. The lowest BCUT2D eigenvalue weighted by atomic mass is 9.71. The first-order valence-electron chi connectivity index (χ1n) is 13.8. The number of rotatable bonds is 5. The van der Waals surface area contributed by atoms with E-state index in [1.807, 2.05) is 39.1 Å². The van der Waals surface area contributed by atoms with Crippen molar-refractivity contribution in [3.8, 4) is 33.6 Å². The van der Waals surface area contributed by atoms with Crippen LogP contribution in [0.15, 0.2) is 91.4 Å². The van der Waals surface area contributed by atoms with E-state index in [0.717, 1.165) is 69.7 Å². The van der Waals surface area contributed by atoms with Crippen molar-refractivity contribution in [2.24, 2.45) is 0 Å². The molecule has 6 heteroatoms. The van der Waals surface area contributed by atoms with Crippen LogP contribution in [-0.4, -0.2) is 26.1 Å². The summed E-state index contributed by atoms with van der Waals surface area (Å²) >= 11 is 0. The van der Waals surface area contributed by atoms with Crippen LogP contribution in [0.1, 0.15) is 51.2 Å². The third-order valence-electron chi connectivity index (χ3n) is 7.60. The zero-order valence-electron chi connectivity index (χ0n) is 23.4. The smallest absolute Gasteiger partial charge is 0.408 e. The first-order chi connectivity index (χ1) is 19.2. The van der Waals surface area contributed by atoms with Gasteiger partial charge in [0.2, 0.25) is 0 Å². The maximum Gasteiger partial charge on any atom is 0.408 e. The summed E-state index contributed by atoms with van der Waals surface area (Å²) in [5.41, 5.74) is 8.43. The Morgan fingerprint density at radius 3 is 2.27 bits per heavy atom. The maximum atomic E-state index is 12.6. The molecule has 1 aliphatic carbocycles. The van der Waals surface area contributed by atoms with Crippen molar-refractivity contribution in [2.45, 2.75) is 58.1 Å². The molecule has 0 radical (unpaired) electrons. The SMILES string of the molecule is Cc1cc(-c2cccnc2)cn2c(-c3ccccc3)c(-c3ccc(C4(NC(=O)OC(C)(C)C)CCC4)cc3)nc12. The largest absolute Gasteiger partial charge is 0.444 e. The number of aromatic nitrogens is 3. The summed E-state index contributed by atoms with van der Waals surface area (Å²) in [5.74, 6) is 0. The molecule has 0 aliphatic heterocycles. The number of aryl methyl sites for hydroxylation is 1. The van der Waals surface area contributed by atoms with Gasteiger partial charge in [0.1, 0.15) is 11.2 Å². The number of imidazole rings is 1. The van der Waals surface area contributed by atoms with E-state index in [9.17, 15) is 4.79 Å². The number of carbonyl (C=O) groups is 1. The van der Waals surface area contributed by atoms with Crippen molar-refractivity contribution in [1.82, 2.24) is 19.7 Å².